The van der Waals surface area contributed by atoms with E-state index >= 15 is 0 Å². The molecule has 1 N–H and O–H groups in total. The van der Waals surface area contributed by atoms with Gasteiger partial charge in [-0.1, -0.05) is 35.0 Å². The van der Waals surface area contributed by atoms with Crippen LogP contribution in [0.2, 0.25) is 5.02 Å². The molecule has 0 spiro atoms. The van der Waals surface area contributed by atoms with Crippen LogP contribution in [0.1, 0.15) is 34.2 Å². The summed E-state index contributed by atoms with van der Waals surface area (Å²) in [6.07, 6.45) is 0. The highest BCUT2D eigenvalue weighted by molar-refractivity contribution is 6.31. The maximum atomic E-state index is 12.8. The highest BCUT2D eigenvalue weighted by Crippen LogP contribution is 2.29. The Morgan fingerprint density at radius 2 is 1.93 bits per heavy atom. The van der Waals surface area contributed by atoms with Gasteiger partial charge in [0.2, 0.25) is 0 Å². The van der Waals surface area contributed by atoms with E-state index in [4.69, 9.17) is 16.3 Å². The second kappa shape index (κ2) is 7.80. The predicted octanol–water partition coefficient (Wildman–Crippen LogP) is 4.50. The molecule has 6 nitrogen and oxygen atoms in total. The molecular formula is C20H21ClN4O2. The molecule has 7 heteroatoms. The van der Waals surface area contributed by atoms with Crippen molar-refractivity contribution in [3.05, 3.63) is 63.9 Å². The average Bonchev–Trinajstić information content (AvgIpc) is 3.02. The third-order valence-electron chi connectivity index (χ3n) is 4.35. The number of anilines is 1. The Morgan fingerprint density at radius 3 is 2.67 bits per heavy atom. The second-order valence-corrected chi connectivity index (χ2v) is 6.56. The van der Waals surface area contributed by atoms with E-state index in [0.29, 0.717) is 28.8 Å². The van der Waals surface area contributed by atoms with Crippen LogP contribution in [-0.4, -0.2) is 27.5 Å². The highest BCUT2D eigenvalue weighted by atomic mass is 35.5. The lowest BCUT2D eigenvalue weighted by Gasteiger charge is -2.13. The van der Waals surface area contributed by atoms with Gasteiger partial charge >= 0.3 is 0 Å². The molecule has 0 bridgehead atoms. The van der Waals surface area contributed by atoms with Crippen molar-refractivity contribution in [3.8, 4) is 11.4 Å². The van der Waals surface area contributed by atoms with E-state index in [1.54, 1.807) is 11.6 Å². The van der Waals surface area contributed by atoms with Crippen LogP contribution in [0.3, 0.4) is 0 Å². The van der Waals surface area contributed by atoms with Crippen molar-refractivity contribution >= 4 is 23.2 Å². The number of hydrogen-bond donors (Lipinski definition) is 1. The summed E-state index contributed by atoms with van der Waals surface area (Å²) in [4.78, 5) is 12.8. The minimum atomic E-state index is -0.339. The predicted molar refractivity (Wildman–Crippen MR) is 106 cm³/mol. The summed E-state index contributed by atoms with van der Waals surface area (Å²) < 4.78 is 7.24. The van der Waals surface area contributed by atoms with Crippen LogP contribution in [0.5, 0.6) is 5.75 Å². The third-order valence-corrected chi connectivity index (χ3v) is 4.76. The van der Waals surface area contributed by atoms with Crippen molar-refractivity contribution < 1.29 is 9.53 Å². The van der Waals surface area contributed by atoms with Crippen molar-refractivity contribution in [2.24, 2.45) is 0 Å². The van der Waals surface area contributed by atoms with Gasteiger partial charge in [0.15, 0.2) is 5.69 Å². The molecule has 0 aliphatic carbocycles. The summed E-state index contributed by atoms with van der Waals surface area (Å²) in [7, 11) is 0. The number of carbonyl (C=O) groups excluding carboxylic acids is 1. The lowest BCUT2D eigenvalue weighted by molar-refractivity contribution is 0.102. The quantitative estimate of drug-likeness (QED) is 0.703. The highest BCUT2D eigenvalue weighted by Gasteiger charge is 2.20. The van der Waals surface area contributed by atoms with Crippen molar-refractivity contribution in [2.75, 3.05) is 11.9 Å². The number of amides is 1. The monoisotopic (exact) mass is 384 g/mol. The molecule has 2 aromatic carbocycles. The number of ether oxygens (including phenoxy) is 1. The number of halogens is 1. The van der Waals surface area contributed by atoms with Crippen molar-refractivity contribution in [1.82, 2.24) is 15.0 Å². The van der Waals surface area contributed by atoms with Crippen LogP contribution >= 0.6 is 11.6 Å². The number of benzene rings is 2. The van der Waals surface area contributed by atoms with E-state index in [-0.39, 0.29) is 11.6 Å². The molecule has 140 valence electrons. The Morgan fingerprint density at radius 1 is 1.19 bits per heavy atom. The number of aryl methyl sites for hydroxylation is 1. The molecular weight excluding hydrogens is 364 g/mol. The lowest BCUT2D eigenvalue weighted by Crippen LogP contribution is -2.16. The molecule has 1 heterocycles. The van der Waals surface area contributed by atoms with Crippen molar-refractivity contribution in [3.63, 3.8) is 0 Å². The Hall–Kier alpha value is -2.86. The van der Waals surface area contributed by atoms with Gasteiger partial charge in [-0.25, -0.2) is 4.68 Å². The van der Waals surface area contributed by atoms with Gasteiger partial charge in [0, 0.05) is 5.02 Å². The summed E-state index contributed by atoms with van der Waals surface area (Å²) >= 11 is 6.20. The minimum Gasteiger partial charge on any atom is -0.492 e. The smallest absolute Gasteiger partial charge is 0.278 e. The number of rotatable bonds is 5. The first kappa shape index (κ1) is 18.9. The van der Waals surface area contributed by atoms with Crippen LogP contribution in [0.15, 0.2) is 36.4 Å². The number of nitrogens with zero attached hydrogens (tertiary/aromatic N) is 3. The molecule has 27 heavy (non-hydrogen) atoms. The fraction of sp³-hybridized carbons (Fsp3) is 0.250. The number of aromatic nitrogens is 3. The SMILES string of the molecule is CCOc1cccc(C)c1NC(=O)c1nnn(-c2cccc(Cl)c2C)c1C. The zero-order valence-electron chi connectivity index (χ0n) is 15.7. The third kappa shape index (κ3) is 3.66. The molecule has 0 atom stereocenters. The summed E-state index contributed by atoms with van der Waals surface area (Å²) in [5.41, 5.74) is 4.08. The largest absolute Gasteiger partial charge is 0.492 e. The van der Waals surface area contributed by atoms with E-state index in [1.165, 1.54) is 0 Å². The molecule has 0 saturated heterocycles. The van der Waals surface area contributed by atoms with Crippen LogP contribution in [0.25, 0.3) is 5.69 Å². The van der Waals surface area contributed by atoms with Crippen molar-refractivity contribution in [1.29, 1.82) is 0 Å². The minimum absolute atomic E-state index is 0.250. The van der Waals surface area contributed by atoms with Crippen molar-refractivity contribution in [2.45, 2.75) is 27.7 Å². The summed E-state index contributed by atoms with van der Waals surface area (Å²) in [5.74, 6) is 0.287. The fourth-order valence-electron chi connectivity index (χ4n) is 2.84. The number of para-hydroxylation sites is 1. The van der Waals surface area contributed by atoms with E-state index in [0.717, 1.165) is 16.8 Å². The lowest BCUT2D eigenvalue weighted by atomic mass is 10.1. The molecule has 3 rings (SSSR count). The zero-order valence-corrected chi connectivity index (χ0v) is 16.5. The summed E-state index contributed by atoms with van der Waals surface area (Å²) in [6.45, 7) is 8.03. The Labute approximate surface area is 163 Å². The first-order chi connectivity index (χ1) is 12.9. The Bertz CT molecular complexity index is 998. The zero-order chi connectivity index (χ0) is 19.6. The number of hydrogen-bond acceptors (Lipinski definition) is 4. The molecule has 0 fully saturated rings. The van der Waals surface area contributed by atoms with Gasteiger partial charge in [0.05, 0.1) is 23.7 Å². The number of carbonyl (C=O) groups is 1. The van der Waals surface area contributed by atoms with Gasteiger partial charge in [0.1, 0.15) is 5.75 Å². The van der Waals surface area contributed by atoms with Crippen LogP contribution in [-0.2, 0) is 0 Å². The van der Waals surface area contributed by atoms with Gasteiger partial charge in [-0.05, 0) is 57.0 Å². The second-order valence-electron chi connectivity index (χ2n) is 6.15. The summed E-state index contributed by atoms with van der Waals surface area (Å²) in [6, 6.07) is 11.2. The first-order valence-electron chi connectivity index (χ1n) is 8.65. The average molecular weight is 385 g/mol. The molecule has 0 radical (unpaired) electrons. The normalized spacial score (nSPS) is 10.7. The standard InChI is InChI=1S/C20H21ClN4O2/c1-5-27-17-11-6-8-12(2)18(17)22-20(26)19-14(4)25(24-23-19)16-10-7-9-15(21)13(16)3/h6-11H,5H2,1-4H3,(H,22,26). The molecule has 3 aromatic rings. The van der Waals surface area contributed by atoms with E-state index in [1.807, 2.05) is 57.2 Å². The Balaban J connectivity index is 1.94. The molecule has 0 aliphatic heterocycles. The maximum absolute atomic E-state index is 12.8. The van der Waals surface area contributed by atoms with E-state index in [2.05, 4.69) is 15.6 Å². The van der Waals surface area contributed by atoms with Gasteiger partial charge < -0.3 is 10.1 Å². The molecule has 1 aromatic heterocycles. The van der Waals surface area contributed by atoms with Gasteiger partial charge in [-0.2, -0.15) is 0 Å². The van der Waals surface area contributed by atoms with Crippen LogP contribution < -0.4 is 10.1 Å². The van der Waals surface area contributed by atoms with E-state index in [9.17, 15) is 4.79 Å². The fourth-order valence-corrected chi connectivity index (χ4v) is 3.01. The van der Waals surface area contributed by atoms with Crippen LogP contribution in [0.4, 0.5) is 5.69 Å². The maximum Gasteiger partial charge on any atom is 0.278 e. The Kier molecular flexibility index (Phi) is 5.46. The number of nitrogens with one attached hydrogen (secondary N) is 1. The molecule has 1 amide bonds. The molecule has 0 aliphatic rings. The van der Waals surface area contributed by atoms with E-state index < -0.39 is 0 Å². The topological polar surface area (TPSA) is 69.0 Å². The van der Waals surface area contributed by atoms with Gasteiger partial charge in [-0.15, -0.1) is 5.10 Å². The summed E-state index contributed by atoms with van der Waals surface area (Å²) in [5, 5.41) is 11.8. The van der Waals surface area contributed by atoms with Crippen LogP contribution in [0, 0.1) is 20.8 Å². The molecule has 0 unspecified atom stereocenters. The van der Waals surface area contributed by atoms with Gasteiger partial charge in [-0.3, -0.25) is 4.79 Å². The first-order valence-corrected chi connectivity index (χ1v) is 9.03. The van der Waals surface area contributed by atoms with Gasteiger partial charge in [0.25, 0.3) is 5.91 Å². The molecule has 0 saturated carbocycles.